The van der Waals surface area contributed by atoms with Gasteiger partial charge in [-0.1, -0.05) is 0 Å². The Morgan fingerprint density at radius 2 is 1.89 bits per heavy atom. The largest absolute Gasteiger partial charge is 0.480 e. The molecule has 0 aliphatic carbocycles. The Hall–Kier alpha value is -2.72. The molecule has 0 radical (unpaired) electrons. The minimum Gasteiger partial charge on any atom is -0.480 e. The van der Waals surface area contributed by atoms with Gasteiger partial charge in [0, 0.05) is 45.1 Å². The summed E-state index contributed by atoms with van der Waals surface area (Å²) in [5.74, 6) is 0.527. The van der Waals surface area contributed by atoms with E-state index in [4.69, 9.17) is 4.74 Å². The number of fused-ring (bicyclic) bond motifs is 1. The minimum absolute atomic E-state index is 0.228. The zero-order valence-corrected chi connectivity index (χ0v) is 15.9. The van der Waals surface area contributed by atoms with Gasteiger partial charge in [-0.3, -0.25) is 4.68 Å². The lowest BCUT2D eigenvalue weighted by atomic mass is 10.2. The third kappa shape index (κ3) is 3.21. The Balaban J connectivity index is 1.53. The molecule has 27 heavy (non-hydrogen) atoms. The number of hydrogen-bond acceptors (Lipinski definition) is 7. The van der Waals surface area contributed by atoms with Crippen LogP contribution in [0.1, 0.15) is 0 Å². The van der Waals surface area contributed by atoms with Crippen LogP contribution in [0.2, 0.25) is 0 Å². The number of sulfonamides is 1. The number of rotatable bonds is 4. The molecule has 10 heteroatoms. The van der Waals surface area contributed by atoms with E-state index in [0.29, 0.717) is 32.1 Å². The van der Waals surface area contributed by atoms with Crippen molar-refractivity contribution in [2.45, 2.75) is 4.90 Å². The molecule has 0 atom stereocenters. The lowest BCUT2D eigenvalue weighted by molar-refractivity contribution is 0.385. The van der Waals surface area contributed by atoms with Crippen molar-refractivity contribution < 1.29 is 13.2 Å². The molecule has 1 fully saturated rings. The number of benzene rings is 1. The van der Waals surface area contributed by atoms with E-state index in [1.807, 2.05) is 18.2 Å². The van der Waals surface area contributed by atoms with Gasteiger partial charge in [0.1, 0.15) is 11.2 Å². The van der Waals surface area contributed by atoms with Crippen LogP contribution in [0.4, 0.5) is 5.69 Å². The van der Waals surface area contributed by atoms with Crippen molar-refractivity contribution in [1.29, 1.82) is 0 Å². The molecule has 0 N–H and O–H groups in total. The Bertz CT molecular complexity index is 1070. The Morgan fingerprint density at radius 1 is 1.11 bits per heavy atom. The number of hydrogen-bond donors (Lipinski definition) is 0. The zero-order chi connectivity index (χ0) is 19.0. The smallest absolute Gasteiger partial charge is 0.246 e. The van der Waals surface area contributed by atoms with E-state index < -0.39 is 10.0 Å². The maximum atomic E-state index is 12.7. The van der Waals surface area contributed by atoms with Crippen molar-refractivity contribution >= 4 is 26.6 Å². The van der Waals surface area contributed by atoms with E-state index in [-0.39, 0.29) is 4.90 Å². The van der Waals surface area contributed by atoms with Crippen LogP contribution in [0.25, 0.3) is 10.9 Å². The van der Waals surface area contributed by atoms with Gasteiger partial charge in [0.15, 0.2) is 0 Å². The molecule has 142 valence electrons. The molecule has 4 rings (SSSR count). The summed E-state index contributed by atoms with van der Waals surface area (Å²) in [5.41, 5.74) is 1.80. The summed E-state index contributed by atoms with van der Waals surface area (Å²) in [6, 6.07) is 5.90. The van der Waals surface area contributed by atoms with Crippen LogP contribution >= 0.6 is 0 Å². The van der Waals surface area contributed by atoms with E-state index in [0.717, 1.165) is 16.6 Å². The number of aromatic nitrogens is 4. The van der Waals surface area contributed by atoms with Crippen LogP contribution < -0.4 is 9.64 Å². The van der Waals surface area contributed by atoms with E-state index in [1.165, 1.54) is 27.7 Å². The highest BCUT2D eigenvalue weighted by atomic mass is 32.2. The molecule has 0 unspecified atom stereocenters. The summed E-state index contributed by atoms with van der Waals surface area (Å²) in [6.07, 6.45) is 4.39. The first-order chi connectivity index (χ1) is 13.0. The summed E-state index contributed by atoms with van der Waals surface area (Å²) in [4.78, 5) is 10.8. The van der Waals surface area contributed by atoms with Crippen LogP contribution in [-0.2, 0) is 17.1 Å². The first-order valence-electron chi connectivity index (χ1n) is 8.51. The molecule has 1 aromatic carbocycles. The van der Waals surface area contributed by atoms with E-state index in [2.05, 4.69) is 20.0 Å². The fraction of sp³-hybridized carbons (Fsp3) is 0.353. The van der Waals surface area contributed by atoms with Crippen LogP contribution in [0.5, 0.6) is 5.88 Å². The van der Waals surface area contributed by atoms with Crippen molar-refractivity contribution in [3.05, 3.63) is 36.9 Å². The highest BCUT2D eigenvalue weighted by Gasteiger charge is 2.29. The van der Waals surface area contributed by atoms with E-state index in [9.17, 15) is 8.42 Å². The highest BCUT2D eigenvalue weighted by Crippen LogP contribution is 2.27. The molecule has 3 aromatic rings. The second-order valence-electron chi connectivity index (χ2n) is 6.33. The van der Waals surface area contributed by atoms with Gasteiger partial charge in [-0.25, -0.2) is 18.4 Å². The van der Waals surface area contributed by atoms with E-state index in [1.54, 1.807) is 14.2 Å². The molecular weight excluding hydrogens is 368 g/mol. The second-order valence-corrected chi connectivity index (χ2v) is 8.26. The molecule has 3 heterocycles. The lowest BCUT2D eigenvalue weighted by Gasteiger charge is -2.35. The summed E-state index contributed by atoms with van der Waals surface area (Å²) in [5, 5.41) is 4.80. The second kappa shape index (κ2) is 6.78. The van der Waals surface area contributed by atoms with Gasteiger partial charge in [0.2, 0.25) is 15.9 Å². The standard InChI is InChI=1S/C17H20N6O3S/c1-21-11-14(10-20-21)27(24,25)23-7-5-22(6-8-23)13-3-4-16-15(9-13)17(26-2)19-12-18-16/h3-4,9-12H,5-8H2,1-2H3. The van der Waals surface area contributed by atoms with Crippen LogP contribution in [0.3, 0.4) is 0 Å². The summed E-state index contributed by atoms with van der Waals surface area (Å²) in [7, 11) is -0.226. The minimum atomic E-state index is -3.51. The number of piperazine rings is 1. The Morgan fingerprint density at radius 3 is 2.56 bits per heavy atom. The van der Waals surface area contributed by atoms with Crippen molar-refractivity contribution in [2.75, 3.05) is 38.2 Å². The SMILES string of the molecule is COc1ncnc2ccc(N3CCN(S(=O)(=O)c4cnn(C)c4)CC3)cc12. The molecule has 0 amide bonds. The number of ether oxygens (including phenoxy) is 1. The van der Waals surface area contributed by atoms with Crippen molar-refractivity contribution in [3.63, 3.8) is 0 Å². The quantitative estimate of drug-likeness (QED) is 0.655. The van der Waals surface area contributed by atoms with Gasteiger partial charge >= 0.3 is 0 Å². The molecule has 0 bridgehead atoms. The zero-order valence-electron chi connectivity index (χ0n) is 15.1. The number of nitrogens with zero attached hydrogens (tertiary/aromatic N) is 6. The molecule has 1 saturated heterocycles. The Labute approximate surface area is 157 Å². The monoisotopic (exact) mass is 388 g/mol. The van der Waals surface area contributed by atoms with Gasteiger partial charge in [-0.05, 0) is 18.2 Å². The van der Waals surface area contributed by atoms with Gasteiger partial charge in [-0.2, -0.15) is 9.40 Å². The average Bonchev–Trinajstić information content (AvgIpc) is 3.14. The normalized spacial score (nSPS) is 16.0. The van der Waals surface area contributed by atoms with Crippen LogP contribution in [0.15, 0.2) is 41.8 Å². The van der Waals surface area contributed by atoms with Crippen LogP contribution in [0, 0.1) is 0 Å². The molecule has 0 spiro atoms. The van der Waals surface area contributed by atoms with Crippen molar-refractivity contribution in [2.24, 2.45) is 7.05 Å². The highest BCUT2D eigenvalue weighted by molar-refractivity contribution is 7.89. The fourth-order valence-electron chi connectivity index (χ4n) is 3.25. The van der Waals surface area contributed by atoms with Gasteiger partial charge in [0.25, 0.3) is 0 Å². The van der Waals surface area contributed by atoms with Crippen molar-refractivity contribution in [3.8, 4) is 5.88 Å². The fourth-order valence-corrected chi connectivity index (χ4v) is 4.66. The predicted octanol–water partition coefficient (Wildman–Crippen LogP) is 0.883. The average molecular weight is 388 g/mol. The molecular formula is C17H20N6O3S. The first kappa shape index (κ1) is 17.7. The number of aryl methyl sites for hydroxylation is 1. The number of anilines is 1. The van der Waals surface area contributed by atoms with Gasteiger partial charge in [-0.15, -0.1) is 0 Å². The third-order valence-electron chi connectivity index (χ3n) is 4.70. The van der Waals surface area contributed by atoms with Crippen LogP contribution in [-0.4, -0.2) is 65.8 Å². The number of methoxy groups -OCH3 is 1. The Kier molecular flexibility index (Phi) is 4.44. The molecule has 0 saturated carbocycles. The molecule has 2 aromatic heterocycles. The van der Waals surface area contributed by atoms with Crippen molar-refractivity contribution in [1.82, 2.24) is 24.1 Å². The molecule has 1 aliphatic rings. The maximum absolute atomic E-state index is 12.7. The van der Waals surface area contributed by atoms with E-state index >= 15 is 0 Å². The molecule has 9 nitrogen and oxygen atoms in total. The first-order valence-corrected chi connectivity index (χ1v) is 9.95. The third-order valence-corrected chi connectivity index (χ3v) is 6.55. The summed E-state index contributed by atoms with van der Waals surface area (Å²) >= 11 is 0. The van der Waals surface area contributed by atoms with Gasteiger partial charge < -0.3 is 9.64 Å². The van der Waals surface area contributed by atoms with Gasteiger partial charge in [0.05, 0.1) is 24.2 Å². The summed E-state index contributed by atoms with van der Waals surface area (Å²) < 4.78 is 33.8. The summed E-state index contributed by atoms with van der Waals surface area (Å²) in [6.45, 7) is 2.03. The lowest BCUT2D eigenvalue weighted by Crippen LogP contribution is -2.48. The topological polar surface area (TPSA) is 93.5 Å². The predicted molar refractivity (Wildman–Crippen MR) is 100 cm³/mol. The maximum Gasteiger partial charge on any atom is 0.246 e. The molecule has 1 aliphatic heterocycles.